The Balaban J connectivity index is 0.928. The zero-order chi connectivity index (χ0) is 39.8. The van der Waals surface area contributed by atoms with Gasteiger partial charge in [0.2, 0.25) is 0 Å². The van der Waals surface area contributed by atoms with E-state index in [1.54, 1.807) is 0 Å². The first-order chi connectivity index (χ1) is 29.3. The fourth-order valence-electron chi connectivity index (χ4n) is 12.6. The minimum atomic E-state index is -0.179. The van der Waals surface area contributed by atoms with Crippen molar-refractivity contribution in [3.05, 3.63) is 220 Å². The highest BCUT2D eigenvalue weighted by Gasteiger charge is 2.44. The average molecular weight is 763 g/mol. The highest BCUT2D eigenvalue weighted by molar-refractivity contribution is 6.26. The molecule has 0 bridgehead atoms. The third-order valence-electron chi connectivity index (χ3n) is 15.6. The summed E-state index contributed by atoms with van der Waals surface area (Å²) in [6.45, 7) is 9.80. The van der Waals surface area contributed by atoms with Gasteiger partial charge in [0.15, 0.2) is 0 Å². The molecule has 8 aromatic rings. The van der Waals surface area contributed by atoms with Crippen LogP contribution < -0.4 is 0 Å². The van der Waals surface area contributed by atoms with E-state index >= 15 is 0 Å². The lowest BCUT2D eigenvalue weighted by molar-refractivity contribution is 0.566. The van der Waals surface area contributed by atoms with E-state index in [-0.39, 0.29) is 10.8 Å². The summed E-state index contributed by atoms with van der Waals surface area (Å²) in [5.41, 5.74) is 22.0. The number of allylic oxidation sites excluding steroid dienone is 14. The lowest BCUT2D eigenvalue weighted by Crippen LogP contribution is -2.29. The molecular formula is C60H42. The van der Waals surface area contributed by atoms with Crippen LogP contribution in [0.3, 0.4) is 0 Å². The molecule has 0 saturated heterocycles. The molecule has 8 aromatic carbocycles. The van der Waals surface area contributed by atoms with Crippen LogP contribution in [0.4, 0.5) is 0 Å². The predicted octanol–water partition coefficient (Wildman–Crippen LogP) is 15.5. The average Bonchev–Trinajstić information content (AvgIpc) is 3.64. The van der Waals surface area contributed by atoms with Crippen molar-refractivity contribution in [3.63, 3.8) is 0 Å². The second-order valence-electron chi connectivity index (χ2n) is 19.2. The standard InChI is InChI=1S/C60H42/c1-59(2)50-29-39(40-24-19-37-17-15-33-9-7-11-35-21-27-45(40)56(37)54(33)35)23-26-43(50)48-31-52-49(32-51(48)59)58-44-14-6-5-13-41(44)47(30-53(58)60(52,3)4)42-25-20-38-18-16-34-10-8-12-36-22-28-46(42)57(38)55(34)36/h5-32,54,56H,1-4H3. The van der Waals surface area contributed by atoms with Crippen molar-refractivity contribution in [1.82, 2.24) is 0 Å². The fraction of sp³-hybridized carbons (Fsp3) is 0.133. The molecule has 0 N–H and O–H groups in total. The van der Waals surface area contributed by atoms with Crippen molar-refractivity contribution < 1.29 is 0 Å². The molecule has 0 fully saturated rings. The smallest absolute Gasteiger partial charge is 0.0205 e. The number of fused-ring (bicyclic) bond motifs is 8. The zero-order valence-corrected chi connectivity index (χ0v) is 34.3. The second-order valence-corrected chi connectivity index (χ2v) is 19.2. The molecule has 14 rings (SSSR count). The maximum absolute atomic E-state index is 2.59. The minimum Gasteiger partial charge on any atom is -0.0617 e. The molecule has 282 valence electrons. The molecule has 60 heavy (non-hydrogen) atoms. The van der Waals surface area contributed by atoms with Gasteiger partial charge in [0.1, 0.15) is 0 Å². The van der Waals surface area contributed by atoms with Crippen molar-refractivity contribution in [2.24, 2.45) is 11.8 Å². The molecule has 0 amide bonds. The fourth-order valence-corrected chi connectivity index (χ4v) is 12.6. The molecule has 0 heteroatoms. The van der Waals surface area contributed by atoms with E-state index in [9.17, 15) is 0 Å². The highest BCUT2D eigenvalue weighted by Crippen LogP contribution is 2.59. The third kappa shape index (κ3) is 4.03. The summed E-state index contributed by atoms with van der Waals surface area (Å²) in [4.78, 5) is 0. The predicted molar refractivity (Wildman–Crippen MR) is 254 cm³/mol. The number of hydrogen-bond donors (Lipinski definition) is 0. The highest BCUT2D eigenvalue weighted by atomic mass is 14.5. The molecule has 0 aliphatic heterocycles. The lowest BCUT2D eigenvalue weighted by atomic mass is 9.63. The monoisotopic (exact) mass is 762 g/mol. The van der Waals surface area contributed by atoms with Crippen LogP contribution in [-0.4, -0.2) is 0 Å². The van der Waals surface area contributed by atoms with Gasteiger partial charge in [-0.25, -0.2) is 0 Å². The van der Waals surface area contributed by atoms with Crippen molar-refractivity contribution in [3.8, 4) is 33.4 Å². The van der Waals surface area contributed by atoms with E-state index in [1.165, 1.54) is 132 Å². The van der Waals surface area contributed by atoms with Gasteiger partial charge in [-0.05, 0) is 156 Å². The molecule has 0 nitrogen and oxygen atoms in total. The Morgan fingerprint density at radius 2 is 1.03 bits per heavy atom. The van der Waals surface area contributed by atoms with Crippen molar-refractivity contribution in [2.45, 2.75) is 38.5 Å². The van der Waals surface area contributed by atoms with Crippen LogP contribution >= 0.6 is 0 Å². The van der Waals surface area contributed by atoms with E-state index in [0.717, 1.165) is 0 Å². The molecule has 0 saturated carbocycles. The van der Waals surface area contributed by atoms with Crippen LogP contribution in [0.2, 0.25) is 0 Å². The van der Waals surface area contributed by atoms with Crippen molar-refractivity contribution in [2.75, 3.05) is 0 Å². The molecule has 0 spiro atoms. The summed E-state index contributed by atoms with van der Waals surface area (Å²) in [5, 5.41) is 10.7. The second kappa shape index (κ2) is 11.1. The first kappa shape index (κ1) is 33.1. The Morgan fingerprint density at radius 3 is 1.88 bits per heavy atom. The van der Waals surface area contributed by atoms with Gasteiger partial charge in [-0.3, -0.25) is 0 Å². The van der Waals surface area contributed by atoms with Gasteiger partial charge in [-0.1, -0.05) is 173 Å². The van der Waals surface area contributed by atoms with Gasteiger partial charge >= 0.3 is 0 Å². The Labute approximate surface area is 350 Å². The first-order valence-corrected chi connectivity index (χ1v) is 21.7. The van der Waals surface area contributed by atoms with Crippen LogP contribution in [-0.2, 0) is 10.8 Å². The molecule has 0 aromatic heterocycles. The van der Waals surface area contributed by atoms with E-state index < -0.39 is 0 Å². The van der Waals surface area contributed by atoms with E-state index in [4.69, 9.17) is 0 Å². The van der Waals surface area contributed by atoms with Gasteiger partial charge in [-0.2, -0.15) is 0 Å². The van der Waals surface area contributed by atoms with Crippen LogP contribution in [0, 0.1) is 11.8 Å². The van der Waals surface area contributed by atoms with Gasteiger partial charge in [0.05, 0.1) is 0 Å². The largest absolute Gasteiger partial charge is 0.0617 e. The Bertz CT molecular complexity index is 3560. The molecule has 0 radical (unpaired) electrons. The first-order valence-electron chi connectivity index (χ1n) is 21.7. The zero-order valence-electron chi connectivity index (χ0n) is 34.3. The molecule has 6 aliphatic rings. The summed E-state index contributed by atoms with van der Waals surface area (Å²) >= 11 is 0. The number of rotatable bonds is 2. The van der Waals surface area contributed by atoms with Crippen LogP contribution in [0.25, 0.3) is 82.0 Å². The van der Waals surface area contributed by atoms with Crippen LogP contribution in [0.5, 0.6) is 0 Å². The normalized spacial score (nSPS) is 20.6. The summed E-state index contributed by atoms with van der Waals surface area (Å²) in [5.74, 6) is 0.783. The lowest BCUT2D eigenvalue weighted by Gasteiger charge is -2.40. The molecule has 6 aliphatic carbocycles. The van der Waals surface area contributed by atoms with E-state index in [2.05, 4.69) is 198 Å². The summed E-state index contributed by atoms with van der Waals surface area (Å²) in [6.07, 6.45) is 21.0. The Hall–Kier alpha value is -6.76. The number of benzene rings is 8. The van der Waals surface area contributed by atoms with E-state index in [0.29, 0.717) is 11.8 Å². The minimum absolute atomic E-state index is 0.151. The van der Waals surface area contributed by atoms with Gasteiger partial charge < -0.3 is 0 Å². The molecular weight excluding hydrogens is 721 g/mol. The quantitative estimate of drug-likeness (QED) is 0.154. The van der Waals surface area contributed by atoms with Crippen molar-refractivity contribution >= 4 is 48.7 Å². The summed E-state index contributed by atoms with van der Waals surface area (Å²) in [7, 11) is 0. The maximum atomic E-state index is 2.59. The van der Waals surface area contributed by atoms with Gasteiger partial charge in [0.25, 0.3) is 0 Å². The molecule has 2 atom stereocenters. The SMILES string of the molecule is CC1(C)c2cc(C3=C4C=CC5=CC=CC6=CC=C(C=C3)C4C56)ccc2-c2cc3c(cc21)-c1c(cc(-c2ccc4ccc5cccc6ccc2c4c56)c2ccccc12)C3(C)C. The Kier molecular flexibility index (Phi) is 6.12. The summed E-state index contributed by atoms with van der Waals surface area (Å²) in [6, 6.07) is 44.9. The van der Waals surface area contributed by atoms with Crippen molar-refractivity contribution in [1.29, 1.82) is 0 Å². The van der Waals surface area contributed by atoms with Crippen LogP contribution in [0.15, 0.2) is 192 Å². The summed E-state index contributed by atoms with van der Waals surface area (Å²) < 4.78 is 0. The molecule has 0 heterocycles. The van der Waals surface area contributed by atoms with Gasteiger partial charge in [-0.15, -0.1) is 0 Å². The molecule has 2 unspecified atom stereocenters. The van der Waals surface area contributed by atoms with E-state index in [1.807, 2.05) is 0 Å². The maximum Gasteiger partial charge on any atom is 0.0205 e. The third-order valence-corrected chi connectivity index (χ3v) is 15.6. The topological polar surface area (TPSA) is 0 Å². The van der Waals surface area contributed by atoms with Gasteiger partial charge in [0, 0.05) is 22.7 Å². The number of hydrogen-bond acceptors (Lipinski definition) is 0. The van der Waals surface area contributed by atoms with Crippen LogP contribution in [0.1, 0.15) is 55.5 Å². The Morgan fingerprint density at radius 1 is 0.400 bits per heavy atom.